The van der Waals surface area contributed by atoms with Crippen molar-refractivity contribution >= 4 is 9.84 Å². The molecule has 0 aliphatic heterocycles. The second-order valence-corrected chi connectivity index (χ2v) is 8.97. The van der Waals surface area contributed by atoms with Crippen molar-refractivity contribution in [2.45, 2.75) is 41.9 Å². The van der Waals surface area contributed by atoms with E-state index in [1.54, 1.807) is 19.2 Å². The van der Waals surface area contributed by atoms with Gasteiger partial charge in [-0.25, -0.2) is 8.42 Å². The van der Waals surface area contributed by atoms with Crippen molar-refractivity contribution in [2.24, 2.45) is 5.73 Å². The first-order chi connectivity index (χ1) is 11.8. The van der Waals surface area contributed by atoms with Gasteiger partial charge in [-0.2, -0.15) is 0 Å². The first kappa shape index (κ1) is 18.1. The standard InChI is InChI=1S/C20H25NO3S/c1-4-15-7-9-16(10-8-15)18-19(20(18,21)13-24-3)25(22,23)17-11-5-14(2)6-12-17/h5-12,18-19H,4,13,21H2,1-3H3/t18-,19-,20-/m1/s1. The van der Waals surface area contributed by atoms with Gasteiger partial charge in [0.15, 0.2) is 9.84 Å². The number of ether oxygens (including phenoxy) is 1. The summed E-state index contributed by atoms with van der Waals surface area (Å²) in [6.45, 7) is 4.24. The van der Waals surface area contributed by atoms with E-state index in [0.29, 0.717) is 4.90 Å². The van der Waals surface area contributed by atoms with E-state index in [1.165, 1.54) is 5.56 Å². The highest BCUT2D eigenvalue weighted by Gasteiger charge is 2.69. The van der Waals surface area contributed by atoms with E-state index in [9.17, 15) is 8.42 Å². The number of methoxy groups -OCH3 is 1. The fraction of sp³-hybridized carbons (Fsp3) is 0.400. The van der Waals surface area contributed by atoms with Crippen LogP contribution in [0.4, 0.5) is 0 Å². The fourth-order valence-corrected chi connectivity index (χ4v) is 5.92. The lowest BCUT2D eigenvalue weighted by Gasteiger charge is -2.11. The van der Waals surface area contributed by atoms with Gasteiger partial charge in [0.2, 0.25) is 0 Å². The largest absolute Gasteiger partial charge is 0.383 e. The van der Waals surface area contributed by atoms with Crippen molar-refractivity contribution in [3.8, 4) is 0 Å². The molecule has 1 fully saturated rings. The molecule has 25 heavy (non-hydrogen) atoms. The second-order valence-electron chi connectivity index (χ2n) is 6.90. The molecule has 1 saturated carbocycles. The van der Waals surface area contributed by atoms with Crippen LogP contribution in [-0.2, 0) is 21.0 Å². The SMILES string of the molecule is CCc1ccc([C@@H]2[C@@H](S(=O)(=O)c3ccc(C)cc3)[C@@]2(N)COC)cc1. The van der Waals surface area contributed by atoms with Gasteiger partial charge < -0.3 is 10.5 Å². The van der Waals surface area contributed by atoms with Gasteiger partial charge >= 0.3 is 0 Å². The molecule has 2 N–H and O–H groups in total. The molecular formula is C20H25NO3S. The van der Waals surface area contributed by atoms with Crippen LogP contribution < -0.4 is 5.73 Å². The predicted molar refractivity (Wildman–Crippen MR) is 99.5 cm³/mol. The first-order valence-electron chi connectivity index (χ1n) is 8.52. The Morgan fingerprint density at radius 1 is 1.08 bits per heavy atom. The van der Waals surface area contributed by atoms with Crippen molar-refractivity contribution in [2.75, 3.05) is 13.7 Å². The van der Waals surface area contributed by atoms with E-state index in [2.05, 4.69) is 6.92 Å². The Labute approximate surface area is 149 Å². The van der Waals surface area contributed by atoms with Crippen LogP contribution in [0.15, 0.2) is 53.4 Å². The highest BCUT2D eigenvalue weighted by molar-refractivity contribution is 7.92. The van der Waals surface area contributed by atoms with E-state index in [1.807, 2.05) is 43.3 Å². The number of aryl methyl sites for hydroxylation is 2. The van der Waals surface area contributed by atoms with Crippen molar-refractivity contribution in [1.29, 1.82) is 0 Å². The number of hydrogen-bond acceptors (Lipinski definition) is 4. The molecule has 134 valence electrons. The van der Waals surface area contributed by atoms with Crippen molar-refractivity contribution in [3.05, 3.63) is 65.2 Å². The number of hydrogen-bond donors (Lipinski definition) is 1. The first-order valence-corrected chi connectivity index (χ1v) is 10.1. The van der Waals surface area contributed by atoms with Gasteiger partial charge in [0, 0.05) is 13.0 Å². The molecule has 2 aromatic carbocycles. The number of rotatable bonds is 6. The van der Waals surface area contributed by atoms with Gasteiger partial charge in [-0.15, -0.1) is 0 Å². The average molecular weight is 359 g/mol. The summed E-state index contributed by atoms with van der Waals surface area (Å²) in [5.41, 5.74) is 8.80. The molecule has 1 aliphatic rings. The van der Waals surface area contributed by atoms with E-state index in [4.69, 9.17) is 10.5 Å². The quantitative estimate of drug-likeness (QED) is 0.861. The average Bonchev–Trinajstić information content (AvgIpc) is 3.22. The van der Waals surface area contributed by atoms with Gasteiger partial charge in [-0.3, -0.25) is 0 Å². The normalized spacial score (nSPS) is 25.8. The van der Waals surface area contributed by atoms with Crippen molar-refractivity contribution in [3.63, 3.8) is 0 Å². The third-order valence-electron chi connectivity index (χ3n) is 5.13. The lowest BCUT2D eigenvalue weighted by Crippen LogP contribution is -2.35. The Morgan fingerprint density at radius 2 is 1.68 bits per heavy atom. The maximum absolute atomic E-state index is 13.2. The van der Waals surface area contributed by atoms with Crippen LogP contribution in [-0.4, -0.2) is 32.9 Å². The monoisotopic (exact) mass is 359 g/mol. The summed E-state index contributed by atoms with van der Waals surface area (Å²) in [6.07, 6.45) is 0.946. The van der Waals surface area contributed by atoms with Crippen molar-refractivity contribution < 1.29 is 13.2 Å². The molecule has 4 nitrogen and oxygen atoms in total. The zero-order chi connectivity index (χ0) is 18.2. The Hall–Kier alpha value is -1.69. The number of benzene rings is 2. The molecular weight excluding hydrogens is 334 g/mol. The molecule has 0 amide bonds. The molecule has 3 rings (SSSR count). The highest BCUT2D eigenvalue weighted by Crippen LogP contribution is 2.55. The van der Waals surface area contributed by atoms with Gasteiger partial charge in [-0.1, -0.05) is 48.9 Å². The maximum Gasteiger partial charge on any atom is 0.183 e. The van der Waals surface area contributed by atoms with Gasteiger partial charge in [0.05, 0.1) is 22.3 Å². The molecule has 0 saturated heterocycles. The fourth-order valence-electron chi connectivity index (χ4n) is 3.63. The minimum absolute atomic E-state index is 0.211. The molecule has 0 unspecified atom stereocenters. The van der Waals surface area contributed by atoms with E-state index in [-0.39, 0.29) is 12.5 Å². The lowest BCUT2D eigenvalue weighted by atomic mass is 10.0. The highest BCUT2D eigenvalue weighted by atomic mass is 32.2. The van der Waals surface area contributed by atoms with Crippen LogP contribution in [0.3, 0.4) is 0 Å². The maximum atomic E-state index is 13.2. The summed E-state index contributed by atoms with van der Waals surface area (Å²) in [7, 11) is -1.98. The summed E-state index contributed by atoms with van der Waals surface area (Å²) < 4.78 is 31.6. The molecule has 0 bridgehead atoms. The molecule has 3 atom stereocenters. The topological polar surface area (TPSA) is 69.4 Å². The van der Waals surface area contributed by atoms with Crippen LogP contribution in [0.1, 0.15) is 29.5 Å². The molecule has 1 aliphatic carbocycles. The lowest BCUT2D eigenvalue weighted by molar-refractivity contribution is 0.171. The third kappa shape index (κ3) is 3.12. The Morgan fingerprint density at radius 3 is 2.20 bits per heavy atom. The predicted octanol–water partition coefficient (Wildman–Crippen LogP) is 2.84. The molecule has 0 heterocycles. The Balaban J connectivity index is 1.99. The Bertz CT molecular complexity index is 844. The van der Waals surface area contributed by atoms with E-state index >= 15 is 0 Å². The molecule has 0 radical (unpaired) electrons. The van der Waals surface area contributed by atoms with Crippen LogP contribution in [0, 0.1) is 6.92 Å². The summed E-state index contributed by atoms with van der Waals surface area (Å²) in [5.74, 6) is -0.260. The van der Waals surface area contributed by atoms with Crippen LogP contribution in [0.25, 0.3) is 0 Å². The number of nitrogens with two attached hydrogens (primary N) is 1. The molecule has 0 spiro atoms. The van der Waals surface area contributed by atoms with Gasteiger partial charge in [-0.05, 0) is 36.6 Å². The van der Waals surface area contributed by atoms with Crippen LogP contribution in [0.5, 0.6) is 0 Å². The summed E-state index contributed by atoms with van der Waals surface area (Å²) >= 11 is 0. The van der Waals surface area contributed by atoms with Crippen LogP contribution in [0.2, 0.25) is 0 Å². The van der Waals surface area contributed by atoms with Gasteiger partial charge in [0.1, 0.15) is 0 Å². The van der Waals surface area contributed by atoms with Gasteiger partial charge in [0.25, 0.3) is 0 Å². The minimum Gasteiger partial charge on any atom is -0.383 e. The summed E-state index contributed by atoms with van der Waals surface area (Å²) in [5, 5.41) is -0.671. The van der Waals surface area contributed by atoms with E-state index < -0.39 is 20.6 Å². The van der Waals surface area contributed by atoms with E-state index in [0.717, 1.165) is 17.5 Å². The Kier molecular flexibility index (Phi) is 4.75. The second kappa shape index (κ2) is 6.56. The zero-order valence-electron chi connectivity index (χ0n) is 14.9. The smallest absolute Gasteiger partial charge is 0.183 e. The van der Waals surface area contributed by atoms with Crippen molar-refractivity contribution in [1.82, 2.24) is 0 Å². The molecule has 5 heteroatoms. The summed E-state index contributed by atoms with van der Waals surface area (Å²) in [4.78, 5) is 0.321. The van der Waals surface area contributed by atoms with Crippen LogP contribution >= 0.6 is 0 Å². The number of sulfone groups is 1. The summed E-state index contributed by atoms with van der Waals surface area (Å²) in [6, 6.07) is 15.0. The minimum atomic E-state index is -3.53. The molecule has 0 aromatic heterocycles. The zero-order valence-corrected chi connectivity index (χ0v) is 15.7. The molecule has 2 aromatic rings. The third-order valence-corrected chi connectivity index (χ3v) is 7.44.